The molecule has 2 rings (SSSR count). The van der Waals surface area contributed by atoms with E-state index in [9.17, 15) is 8.42 Å². The molecule has 18 heavy (non-hydrogen) atoms. The van der Waals surface area contributed by atoms with Crippen LogP contribution in [0.4, 0.5) is 0 Å². The van der Waals surface area contributed by atoms with Crippen molar-refractivity contribution in [1.82, 2.24) is 14.9 Å². The molecule has 0 spiro atoms. The van der Waals surface area contributed by atoms with Crippen molar-refractivity contribution in [1.29, 1.82) is 0 Å². The summed E-state index contributed by atoms with van der Waals surface area (Å²) in [5.74, 6) is 0. The van der Waals surface area contributed by atoms with E-state index in [0.717, 1.165) is 19.3 Å². The monoisotopic (exact) mass is 272 g/mol. The van der Waals surface area contributed by atoms with Gasteiger partial charge in [0.15, 0.2) is 5.03 Å². The van der Waals surface area contributed by atoms with Gasteiger partial charge in [-0.15, -0.1) is 0 Å². The first-order valence-corrected chi connectivity index (χ1v) is 7.57. The molecule has 1 aromatic rings. The molecule has 0 amide bonds. The highest BCUT2D eigenvalue weighted by atomic mass is 32.2. The number of hydrogen-bond donors (Lipinski definition) is 3. The summed E-state index contributed by atoms with van der Waals surface area (Å²) in [5, 5.41) is 6.34. The Labute approximate surface area is 107 Å². The minimum Gasteiger partial charge on any atom is -0.326 e. The van der Waals surface area contributed by atoms with Crippen molar-refractivity contribution in [2.24, 2.45) is 11.1 Å². The summed E-state index contributed by atoms with van der Waals surface area (Å²) >= 11 is 0. The lowest BCUT2D eigenvalue weighted by molar-refractivity contribution is 0.372. The van der Waals surface area contributed by atoms with Crippen molar-refractivity contribution in [2.45, 2.75) is 50.7 Å². The van der Waals surface area contributed by atoms with Crippen LogP contribution in [0, 0.1) is 5.41 Å². The number of sulfonamides is 1. The van der Waals surface area contributed by atoms with Gasteiger partial charge in [0, 0.05) is 18.2 Å². The van der Waals surface area contributed by atoms with Gasteiger partial charge in [0.25, 0.3) is 10.0 Å². The van der Waals surface area contributed by atoms with Crippen molar-refractivity contribution >= 4 is 10.0 Å². The van der Waals surface area contributed by atoms with Crippen LogP contribution in [0.15, 0.2) is 11.2 Å². The second-order valence-electron chi connectivity index (χ2n) is 5.65. The SMILES string of the molecule is CC1(C)CCC(NS(=O)(=O)c2[nH]ncc2CN)C1. The normalized spacial score (nSPS) is 23.4. The van der Waals surface area contributed by atoms with Crippen LogP contribution in [0.1, 0.15) is 38.7 Å². The van der Waals surface area contributed by atoms with E-state index in [2.05, 4.69) is 28.8 Å². The summed E-state index contributed by atoms with van der Waals surface area (Å²) in [5.41, 5.74) is 6.21. The van der Waals surface area contributed by atoms with E-state index in [4.69, 9.17) is 5.73 Å². The third-order valence-corrected chi connectivity index (χ3v) is 4.99. The molecule has 6 nitrogen and oxygen atoms in total. The Hall–Kier alpha value is -0.920. The van der Waals surface area contributed by atoms with Crippen LogP contribution >= 0.6 is 0 Å². The third-order valence-electron chi connectivity index (χ3n) is 3.46. The number of rotatable bonds is 4. The van der Waals surface area contributed by atoms with Crippen LogP contribution in [0.25, 0.3) is 0 Å². The number of nitrogens with two attached hydrogens (primary N) is 1. The van der Waals surface area contributed by atoms with E-state index < -0.39 is 10.0 Å². The minimum absolute atomic E-state index is 0.000996. The Kier molecular flexibility index (Phi) is 3.48. The van der Waals surface area contributed by atoms with Crippen LogP contribution < -0.4 is 10.5 Å². The highest BCUT2D eigenvalue weighted by molar-refractivity contribution is 7.89. The topological polar surface area (TPSA) is 101 Å². The molecule has 4 N–H and O–H groups in total. The smallest absolute Gasteiger partial charge is 0.258 e. The molecule has 1 aliphatic rings. The summed E-state index contributed by atoms with van der Waals surface area (Å²) < 4.78 is 27.1. The maximum absolute atomic E-state index is 12.2. The number of hydrogen-bond acceptors (Lipinski definition) is 4. The lowest BCUT2D eigenvalue weighted by Crippen LogP contribution is -2.34. The van der Waals surface area contributed by atoms with Crippen LogP contribution in [0.3, 0.4) is 0 Å². The van der Waals surface area contributed by atoms with E-state index in [0.29, 0.717) is 5.56 Å². The predicted octanol–water partition coefficient (Wildman–Crippen LogP) is 0.725. The summed E-state index contributed by atoms with van der Waals surface area (Å²) in [7, 11) is -3.54. The molecular weight excluding hydrogens is 252 g/mol. The molecule has 0 bridgehead atoms. The third kappa shape index (κ3) is 2.73. The number of nitrogens with zero attached hydrogens (tertiary/aromatic N) is 1. The Morgan fingerprint density at radius 1 is 1.61 bits per heavy atom. The van der Waals surface area contributed by atoms with Crippen molar-refractivity contribution < 1.29 is 8.42 Å². The quantitative estimate of drug-likeness (QED) is 0.752. The molecule has 1 unspecified atom stereocenters. The van der Waals surface area contributed by atoms with E-state index >= 15 is 0 Å². The van der Waals surface area contributed by atoms with Gasteiger partial charge in [-0.05, 0) is 24.7 Å². The van der Waals surface area contributed by atoms with Crippen LogP contribution in [0.2, 0.25) is 0 Å². The maximum atomic E-state index is 12.2. The second-order valence-corrected chi connectivity index (χ2v) is 7.30. The fraction of sp³-hybridized carbons (Fsp3) is 0.727. The fourth-order valence-electron chi connectivity index (χ4n) is 2.49. The second kappa shape index (κ2) is 4.64. The number of aromatic nitrogens is 2. The average Bonchev–Trinajstić information content (AvgIpc) is 2.84. The van der Waals surface area contributed by atoms with Gasteiger partial charge in [0.05, 0.1) is 6.20 Å². The van der Waals surface area contributed by atoms with Gasteiger partial charge in [-0.25, -0.2) is 13.1 Å². The standard InChI is InChI=1S/C11H20N4O2S/c1-11(2)4-3-9(5-11)15-18(16,17)10-8(6-12)7-13-14-10/h7,9,15H,3-6,12H2,1-2H3,(H,13,14). The molecule has 1 saturated carbocycles. The molecule has 0 radical (unpaired) electrons. The zero-order valence-corrected chi connectivity index (χ0v) is 11.5. The maximum Gasteiger partial charge on any atom is 0.258 e. The van der Waals surface area contributed by atoms with E-state index in [1.54, 1.807) is 0 Å². The van der Waals surface area contributed by atoms with Gasteiger partial charge >= 0.3 is 0 Å². The summed E-state index contributed by atoms with van der Waals surface area (Å²) in [4.78, 5) is 0. The zero-order chi connectivity index (χ0) is 13.4. The fourth-order valence-corrected chi connectivity index (χ4v) is 3.90. The van der Waals surface area contributed by atoms with Gasteiger partial charge in [-0.3, -0.25) is 5.10 Å². The Morgan fingerprint density at radius 3 is 2.89 bits per heavy atom. The summed E-state index contributed by atoms with van der Waals surface area (Å²) in [6.07, 6.45) is 4.22. The minimum atomic E-state index is -3.54. The molecule has 1 heterocycles. The molecule has 1 aliphatic carbocycles. The molecule has 7 heteroatoms. The highest BCUT2D eigenvalue weighted by Crippen LogP contribution is 2.37. The zero-order valence-electron chi connectivity index (χ0n) is 10.7. The number of aromatic amines is 1. The first-order chi connectivity index (χ1) is 8.34. The summed E-state index contributed by atoms with van der Waals surface area (Å²) in [6.45, 7) is 4.47. The van der Waals surface area contributed by atoms with Gasteiger partial charge in [0.1, 0.15) is 0 Å². The Bertz CT molecular complexity index is 521. The van der Waals surface area contributed by atoms with Gasteiger partial charge < -0.3 is 5.73 Å². The van der Waals surface area contributed by atoms with Crippen LogP contribution in [0.5, 0.6) is 0 Å². The molecule has 0 saturated heterocycles. The molecule has 0 aliphatic heterocycles. The molecule has 1 atom stereocenters. The van der Waals surface area contributed by atoms with Gasteiger partial charge in [-0.2, -0.15) is 5.10 Å². The average molecular weight is 272 g/mol. The number of nitrogens with one attached hydrogen (secondary N) is 2. The van der Waals surface area contributed by atoms with Crippen molar-refractivity contribution in [3.63, 3.8) is 0 Å². The molecule has 1 aromatic heterocycles. The molecule has 1 fully saturated rings. The Balaban J connectivity index is 2.14. The first-order valence-electron chi connectivity index (χ1n) is 6.09. The van der Waals surface area contributed by atoms with E-state index in [-0.39, 0.29) is 23.0 Å². The largest absolute Gasteiger partial charge is 0.326 e. The lowest BCUT2D eigenvalue weighted by Gasteiger charge is -2.17. The van der Waals surface area contributed by atoms with Gasteiger partial charge in [-0.1, -0.05) is 13.8 Å². The molecule has 102 valence electrons. The first kappa shape index (κ1) is 13.5. The van der Waals surface area contributed by atoms with Crippen LogP contribution in [-0.2, 0) is 16.6 Å². The highest BCUT2D eigenvalue weighted by Gasteiger charge is 2.34. The lowest BCUT2D eigenvalue weighted by atomic mass is 9.92. The van der Waals surface area contributed by atoms with Gasteiger partial charge in [0.2, 0.25) is 0 Å². The molecular formula is C11H20N4O2S. The van der Waals surface area contributed by atoms with Crippen LogP contribution in [-0.4, -0.2) is 24.7 Å². The molecule has 0 aromatic carbocycles. The number of H-pyrrole nitrogens is 1. The summed E-state index contributed by atoms with van der Waals surface area (Å²) in [6, 6.07) is -0.000996. The van der Waals surface area contributed by atoms with E-state index in [1.165, 1.54) is 6.20 Å². The van der Waals surface area contributed by atoms with Crippen molar-refractivity contribution in [2.75, 3.05) is 0 Å². The van der Waals surface area contributed by atoms with Crippen molar-refractivity contribution in [3.05, 3.63) is 11.8 Å². The predicted molar refractivity (Wildman–Crippen MR) is 68.2 cm³/mol. The Morgan fingerprint density at radius 2 is 2.33 bits per heavy atom. The van der Waals surface area contributed by atoms with E-state index in [1.807, 2.05) is 0 Å². The van der Waals surface area contributed by atoms with Crippen molar-refractivity contribution in [3.8, 4) is 0 Å².